The fraction of sp³-hybridized carbons (Fsp3) is 0.571. The third-order valence-electron chi connectivity index (χ3n) is 3.41. The number of aliphatic hydroxyl groups excluding tert-OH is 1. The van der Waals surface area contributed by atoms with Crippen molar-refractivity contribution in [2.45, 2.75) is 40.3 Å². The van der Waals surface area contributed by atoms with Crippen LogP contribution in [-0.4, -0.2) is 18.2 Å². The largest absolute Gasteiger partial charge is 0.392 e. The molecule has 1 N–H and O–H groups in total. The van der Waals surface area contributed by atoms with Crippen molar-refractivity contribution in [1.82, 2.24) is 0 Å². The van der Waals surface area contributed by atoms with Crippen LogP contribution >= 0.6 is 0 Å². The Kier molecular flexibility index (Phi) is 4.15. The van der Waals surface area contributed by atoms with E-state index in [2.05, 4.69) is 27.7 Å². The number of rotatable bonds is 3. The van der Waals surface area contributed by atoms with E-state index in [4.69, 9.17) is 5.11 Å². The molecule has 96 valence electrons. The van der Waals surface area contributed by atoms with Gasteiger partial charge in [-0.05, 0) is 30.0 Å². The van der Waals surface area contributed by atoms with E-state index < -0.39 is 0 Å². The zero-order valence-electron chi connectivity index (χ0n) is 11.3. The zero-order valence-corrected chi connectivity index (χ0v) is 11.3. The molecule has 0 aliphatic carbocycles. The average molecular weight is 239 g/mol. The van der Waals surface area contributed by atoms with Crippen molar-refractivity contribution in [3.8, 4) is 0 Å². The van der Waals surface area contributed by atoms with Crippen molar-refractivity contribution >= 4 is 5.69 Å². The second kappa shape index (κ2) is 5.05. The van der Waals surface area contributed by atoms with Gasteiger partial charge in [0.15, 0.2) is 0 Å². The van der Waals surface area contributed by atoms with Gasteiger partial charge in [-0.15, -0.1) is 0 Å². The highest BCUT2D eigenvalue weighted by Gasteiger charge is 2.25. The van der Waals surface area contributed by atoms with Gasteiger partial charge in [0.1, 0.15) is 5.82 Å². The smallest absolute Gasteiger partial charge is 0.146 e. The van der Waals surface area contributed by atoms with E-state index >= 15 is 0 Å². The number of aliphatic hydroxyl groups is 1. The molecule has 1 unspecified atom stereocenters. The number of anilines is 1. The summed E-state index contributed by atoms with van der Waals surface area (Å²) in [7, 11) is 1.90. The SMILES string of the molecule is CC(N(C)c1ccc(CO)cc1F)C(C)(C)C. The fourth-order valence-corrected chi connectivity index (χ4v) is 1.72. The summed E-state index contributed by atoms with van der Waals surface area (Å²) in [6, 6.07) is 5.09. The fourth-order valence-electron chi connectivity index (χ4n) is 1.72. The maximum absolute atomic E-state index is 13.9. The molecule has 0 fully saturated rings. The van der Waals surface area contributed by atoms with Crippen LogP contribution in [0.25, 0.3) is 0 Å². The Balaban J connectivity index is 3.01. The Morgan fingerprint density at radius 1 is 1.35 bits per heavy atom. The molecule has 1 aromatic rings. The standard InChI is InChI=1S/C14H22FNO/c1-10(14(2,3)4)16(5)13-7-6-11(9-17)8-12(13)15/h6-8,10,17H,9H2,1-5H3. The van der Waals surface area contributed by atoms with Crippen LogP contribution in [0, 0.1) is 11.2 Å². The van der Waals surface area contributed by atoms with E-state index in [1.807, 2.05) is 11.9 Å². The highest BCUT2D eigenvalue weighted by atomic mass is 19.1. The molecule has 0 aliphatic rings. The Hall–Kier alpha value is -1.09. The highest BCUT2D eigenvalue weighted by Crippen LogP contribution is 2.29. The quantitative estimate of drug-likeness (QED) is 0.875. The van der Waals surface area contributed by atoms with Crippen LogP contribution in [0.5, 0.6) is 0 Å². The van der Waals surface area contributed by atoms with Crippen LogP contribution < -0.4 is 4.90 Å². The van der Waals surface area contributed by atoms with Crippen LogP contribution in [0.2, 0.25) is 0 Å². The molecular formula is C14H22FNO. The van der Waals surface area contributed by atoms with Crippen molar-refractivity contribution in [3.63, 3.8) is 0 Å². The van der Waals surface area contributed by atoms with Gasteiger partial charge >= 0.3 is 0 Å². The van der Waals surface area contributed by atoms with Crippen LogP contribution in [-0.2, 0) is 6.61 Å². The Morgan fingerprint density at radius 2 is 1.94 bits per heavy atom. The normalized spacial score (nSPS) is 13.6. The Bertz CT molecular complexity index is 384. The van der Waals surface area contributed by atoms with Crippen LogP contribution in [0.1, 0.15) is 33.3 Å². The number of benzene rings is 1. The molecule has 1 rings (SSSR count). The predicted octanol–water partition coefficient (Wildman–Crippen LogP) is 3.19. The van der Waals surface area contributed by atoms with Gasteiger partial charge in [-0.2, -0.15) is 0 Å². The van der Waals surface area contributed by atoms with Crippen LogP contribution in [0.3, 0.4) is 0 Å². The van der Waals surface area contributed by atoms with E-state index in [0.29, 0.717) is 11.3 Å². The topological polar surface area (TPSA) is 23.5 Å². The van der Waals surface area contributed by atoms with Gasteiger partial charge in [-0.1, -0.05) is 26.8 Å². The first-order valence-corrected chi connectivity index (χ1v) is 5.89. The van der Waals surface area contributed by atoms with Gasteiger partial charge in [0.2, 0.25) is 0 Å². The summed E-state index contributed by atoms with van der Waals surface area (Å²) in [4.78, 5) is 1.94. The van der Waals surface area contributed by atoms with Gasteiger partial charge in [0, 0.05) is 13.1 Å². The van der Waals surface area contributed by atoms with Crippen molar-refractivity contribution in [2.24, 2.45) is 5.41 Å². The summed E-state index contributed by atoms with van der Waals surface area (Å²) in [5, 5.41) is 8.95. The second-order valence-electron chi connectivity index (χ2n) is 5.60. The lowest BCUT2D eigenvalue weighted by atomic mass is 9.87. The maximum atomic E-state index is 13.9. The van der Waals surface area contributed by atoms with Gasteiger partial charge in [-0.3, -0.25) is 0 Å². The van der Waals surface area contributed by atoms with Gasteiger partial charge in [-0.25, -0.2) is 4.39 Å². The van der Waals surface area contributed by atoms with Crippen molar-refractivity contribution in [3.05, 3.63) is 29.6 Å². The maximum Gasteiger partial charge on any atom is 0.146 e. The predicted molar refractivity (Wildman–Crippen MR) is 69.6 cm³/mol. The lowest BCUT2D eigenvalue weighted by molar-refractivity contribution is 0.281. The summed E-state index contributed by atoms with van der Waals surface area (Å²) in [5.74, 6) is -0.282. The minimum atomic E-state index is -0.282. The van der Waals surface area contributed by atoms with Crippen LogP contribution in [0.4, 0.5) is 10.1 Å². The zero-order chi connectivity index (χ0) is 13.2. The summed E-state index contributed by atoms with van der Waals surface area (Å²) in [6.45, 7) is 8.35. The lowest BCUT2D eigenvalue weighted by Crippen LogP contribution is -2.39. The number of halogens is 1. The molecule has 0 heterocycles. The van der Waals surface area contributed by atoms with Gasteiger partial charge in [0.25, 0.3) is 0 Å². The molecule has 0 amide bonds. The van der Waals surface area contributed by atoms with Crippen molar-refractivity contribution in [2.75, 3.05) is 11.9 Å². The van der Waals surface area contributed by atoms with Crippen molar-refractivity contribution in [1.29, 1.82) is 0 Å². The number of hydrogen-bond acceptors (Lipinski definition) is 2. The minimum Gasteiger partial charge on any atom is -0.392 e. The number of nitrogens with zero attached hydrogens (tertiary/aromatic N) is 1. The van der Waals surface area contributed by atoms with E-state index in [0.717, 1.165) is 0 Å². The highest BCUT2D eigenvalue weighted by molar-refractivity contribution is 5.49. The third kappa shape index (κ3) is 3.19. The Morgan fingerprint density at radius 3 is 2.35 bits per heavy atom. The number of hydrogen-bond donors (Lipinski definition) is 1. The molecule has 0 aromatic heterocycles. The molecule has 0 saturated carbocycles. The van der Waals surface area contributed by atoms with E-state index in [9.17, 15) is 4.39 Å². The molecular weight excluding hydrogens is 217 g/mol. The van der Waals surface area contributed by atoms with Gasteiger partial charge < -0.3 is 10.0 Å². The lowest BCUT2D eigenvalue weighted by Gasteiger charge is -2.37. The molecule has 0 radical (unpaired) electrons. The summed E-state index contributed by atoms with van der Waals surface area (Å²) >= 11 is 0. The first-order chi connectivity index (χ1) is 7.77. The van der Waals surface area contributed by atoms with E-state index in [1.165, 1.54) is 6.07 Å². The summed E-state index contributed by atoms with van der Waals surface area (Å²) in [6.07, 6.45) is 0. The van der Waals surface area contributed by atoms with Gasteiger partial charge in [0.05, 0.1) is 12.3 Å². The van der Waals surface area contributed by atoms with Crippen LogP contribution in [0.15, 0.2) is 18.2 Å². The molecule has 0 bridgehead atoms. The molecule has 2 nitrogen and oxygen atoms in total. The molecule has 0 aliphatic heterocycles. The molecule has 0 saturated heterocycles. The first kappa shape index (κ1) is 14.0. The molecule has 17 heavy (non-hydrogen) atoms. The molecule has 1 aromatic carbocycles. The molecule has 1 atom stereocenters. The van der Waals surface area contributed by atoms with Crippen molar-refractivity contribution < 1.29 is 9.50 Å². The third-order valence-corrected chi connectivity index (χ3v) is 3.41. The second-order valence-corrected chi connectivity index (χ2v) is 5.60. The Labute approximate surface area is 103 Å². The first-order valence-electron chi connectivity index (χ1n) is 5.89. The molecule has 0 spiro atoms. The minimum absolute atomic E-state index is 0.0802. The van der Waals surface area contributed by atoms with E-state index in [-0.39, 0.29) is 23.9 Å². The summed E-state index contributed by atoms with van der Waals surface area (Å²) < 4.78 is 13.9. The van der Waals surface area contributed by atoms with E-state index in [1.54, 1.807) is 12.1 Å². The monoisotopic (exact) mass is 239 g/mol. The molecule has 3 heteroatoms. The summed E-state index contributed by atoms with van der Waals surface area (Å²) in [5.41, 5.74) is 1.25. The average Bonchev–Trinajstić information content (AvgIpc) is 2.25.